The van der Waals surface area contributed by atoms with Crippen LogP contribution in [0.25, 0.3) is 21.5 Å². The first-order chi connectivity index (χ1) is 14.2. The zero-order valence-electron chi connectivity index (χ0n) is 16.1. The number of rotatable bonds is 6. The molecule has 0 saturated carbocycles. The van der Waals surface area contributed by atoms with E-state index >= 15 is 0 Å². The highest BCUT2D eigenvalue weighted by Crippen LogP contribution is 2.34. The standard InChI is InChI=1S/C21H20N4O3S/c1-3-25-17-9-8-14(10-15(17)11-23-25)13-28-21(26)24-19-12-22-20(29-19)16-6-4-5-7-18(16)27-2/h4-12H,3,13H2,1-2H3,(H,24,26). The van der Waals surface area contributed by atoms with Gasteiger partial charge >= 0.3 is 6.09 Å². The van der Waals surface area contributed by atoms with Gasteiger partial charge < -0.3 is 9.47 Å². The van der Waals surface area contributed by atoms with Crippen molar-refractivity contribution in [2.75, 3.05) is 12.4 Å². The molecule has 1 amide bonds. The van der Waals surface area contributed by atoms with E-state index in [-0.39, 0.29) is 6.61 Å². The number of hydrogen-bond acceptors (Lipinski definition) is 6. The first kappa shape index (κ1) is 18.9. The largest absolute Gasteiger partial charge is 0.496 e. The number of methoxy groups -OCH3 is 1. The second-order valence-electron chi connectivity index (χ2n) is 6.28. The lowest BCUT2D eigenvalue weighted by Gasteiger charge is -2.06. The van der Waals surface area contributed by atoms with E-state index in [2.05, 4.69) is 15.4 Å². The highest BCUT2D eigenvalue weighted by Gasteiger charge is 2.12. The smallest absolute Gasteiger partial charge is 0.412 e. The topological polar surface area (TPSA) is 78.3 Å². The summed E-state index contributed by atoms with van der Waals surface area (Å²) in [6.07, 6.45) is 2.91. The molecule has 7 nitrogen and oxygen atoms in total. The van der Waals surface area contributed by atoms with E-state index in [0.717, 1.165) is 39.3 Å². The van der Waals surface area contributed by atoms with Crippen molar-refractivity contribution in [1.82, 2.24) is 14.8 Å². The molecule has 29 heavy (non-hydrogen) atoms. The van der Waals surface area contributed by atoms with Crippen molar-refractivity contribution >= 4 is 33.3 Å². The van der Waals surface area contributed by atoms with E-state index in [0.29, 0.717) is 5.00 Å². The van der Waals surface area contributed by atoms with Gasteiger partial charge in [0.05, 0.1) is 30.6 Å². The summed E-state index contributed by atoms with van der Waals surface area (Å²) in [7, 11) is 1.62. The average molecular weight is 408 g/mol. The van der Waals surface area contributed by atoms with Crippen LogP contribution in [-0.4, -0.2) is 28.0 Å². The van der Waals surface area contributed by atoms with Gasteiger partial charge in [-0.3, -0.25) is 10.00 Å². The number of hydrogen-bond donors (Lipinski definition) is 1. The minimum Gasteiger partial charge on any atom is -0.496 e. The summed E-state index contributed by atoms with van der Waals surface area (Å²) in [5.74, 6) is 0.734. The molecule has 2 aromatic carbocycles. The Bertz CT molecular complexity index is 1150. The number of amides is 1. The molecule has 0 atom stereocenters. The molecule has 0 bridgehead atoms. The van der Waals surface area contributed by atoms with Gasteiger partial charge in [0.25, 0.3) is 0 Å². The van der Waals surface area contributed by atoms with Crippen molar-refractivity contribution in [3.63, 3.8) is 0 Å². The van der Waals surface area contributed by atoms with E-state index in [1.54, 1.807) is 13.3 Å². The second-order valence-corrected chi connectivity index (χ2v) is 7.32. The Hall–Kier alpha value is -3.39. The van der Waals surface area contributed by atoms with Crippen molar-refractivity contribution < 1.29 is 14.3 Å². The summed E-state index contributed by atoms with van der Waals surface area (Å²) in [5.41, 5.74) is 2.85. The SMILES string of the molecule is CCn1ncc2cc(COC(=O)Nc3cnc(-c4ccccc4OC)s3)ccc21. The Morgan fingerprint density at radius 2 is 2.07 bits per heavy atom. The maximum absolute atomic E-state index is 12.2. The van der Waals surface area contributed by atoms with Crippen molar-refractivity contribution in [3.05, 3.63) is 60.4 Å². The first-order valence-electron chi connectivity index (χ1n) is 9.15. The molecule has 0 spiro atoms. The van der Waals surface area contributed by atoms with Gasteiger partial charge in [0.2, 0.25) is 0 Å². The van der Waals surface area contributed by atoms with Crippen LogP contribution in [-0.2, 0) is 17.9 Å². The molecule has 4 aromatic rings. The number of carbonyl (C=O) groups excluding carboxylic acids is 1. The van der Waals surface area contributed by atoms with Crippen molar-refractivity contribution in [2.45, 2.75) is 20.1 Å². The van der Waals surface area contributed by atoms with Crippen molar-refractivity contribution in [3.8, 4) is 16.3 Å². The molecule has 0 aliphatic carbocycles. The number of aryl methyl sites for hydroxylation is 1. The Labute approximate surface area is 171 Å². The number of ether oxygens (including phenoxy) is 2. The zero-order valence-corrected chi connectivity index (χ0v) is 16.9. The fourth-order valence-electron chi connectivity index (χ4n) is 3.04. The quantitative estimate of drug-likeness (QED) is 0.489. The number of aromatic nitrogens is 3. The van der Waals surface area contributed by atoms with Gasteiger partial charge in [-0.25, -0.2) is 9.78 Å². The van der Waals surface area contributed by atoms with E-state index in [4.69, 9.17) is 9.47 Å². The van der Waals surface area contributed by atoms with E-state index < -0.39 is 6.09 Å². The molecule has 2 heterocycles. The molecule has 148 valence electrons. The Kier molecular flexibility index (Phi) is 5.44. The monoisotopic (exact) mass is 408 g/mol. The fraction of sp³-hybridized carbons (Fsp3) is 0.190. The van der Waals surface area contributed by atoms with Gasteiger partial charge in [-0.05, 0) is 36.8 Å². The van der Waals surface area contributed by atoms with Crippen molar-refractivity contribution in [2.24, 2.45) is 0 Å². The third-order valence-electron chi connectivity index (χ3n) is 4.44. The van der Waals surface area contributed by atoms with Gasteiger partial charge in [-0.15, -0.1) is 0 Å². The molecule has 0 radical (unpaired) electrons. The highest BCUT2D eigenvalue weighted by molar-refractivity contribution is 7.19. The summed E-state index contributed by atoms with van der Waals surface area (Å²) >= 11 is 1.36. The summed E-state index contributed by atoms with van der Waals surface area (Å²) in [6.45, 7) is 3.04. The summed E-state index contributed by atoms with van der Waals surface area (Å²) in [6, 6.07) is 13.5. The summed E-state index contributed by atoms with van der Waals surface area (Å²) < 4.78 is 12.6. The lowest BCUT2D eigenvalue weighted by molar-refractivity contribution is 0.155. The second kappa shape index (κ2) is 8.32. The lowest BCUT2D eigenvalue weighted by atomic mass is 10.2. The maximum atomic E-state index is 12.2. The molecule has 0 unspecified atom stereocenters. The first-order valence-corrected chi connectivity index (χ1v) is 9.97. The average Bonchev–Trinajstić information content (AvgIpc) is 3.38. The number of fused-ring (bicyclic) bond motifs is 1. The Morgan fingerprint density at radius 3 is 2.90 bits per heavy atom. The van der Waals surface area contributed by atoms with E-state index in [1.165, 1.54) is 11.3 Å². The van der Waals surface area contributed by atoms with Crippen LogP contribution in [0, 0.1) is 0 Å². The highest BCUT2D eigenvalue weighted by atomic mass is 32.1. The maximum Gasteiger partial charge on any atom is 0.412 e. The van der Waals surface area contributed by atoms with Crippen molar-refractivity contribution in [1.29, 1.82) is 0 Å². The lowest BCUT2D eigenvalue weighted by Crippen LogP contribution is -2.12. The number of anilines is 1. The predicted molar refractivity (Wildman–Crippen MR) is 113 cm³/mol. The van der Waals surface area contributed by atoms with E-state index in [9.17, 15) is 4.79 Å². The molecule has 2 aromatic heterocycles. The molecule has 0 saturated heterocycles. The van der Waals surface area contributed by atoms with Crippen LogP contribution in [0.4, 0.5) is 9.80 Å². The number of nitrogens with one attached hydrogen (secondary N) is 1. The van der Waals surface area contributed by atoms with Gasteiger partial charge in [0.1, 0.15) is 22.4 Å². The molecular formula is C21H20N4O3S. The third kappa shape index (κ3) is 4.07. The van der Waals surface area contributed by atoms with Gasteiger partial charge in [-0.1, -0.05) is 29.5 Å². The van der Waals surface area contributed by atoms with Crippen LogP contribution in [0.2, 0.25) is 0 Å². The molecule has 0 fully saturated rings. The van der Waals surface area contributed by atoms with Crippen LogP contribution in [0.15, 0.2) is 54.9 Å². The molecule has 0 aliphatic heterocycles. The normalized spacial score (nSPS) is 10.8. The molecule has 8 heteroatoms. The Balaban J connectivity index is 1.38. The number of benzene rings is 2. The minimum atomic E-state index is -0.524. The summed E-state index contributed by atoms with van der Waals surface area (Å²) in [5, 5.41) is 9.45. The predicted octanol–water partition coefficient (Wildman–Crippen LogP) is 4.94. The zero-order chi connectivity index (χ0) is 20.2. The van der Waals surface area contributed by atoms with Gasteiger partial charge in [-0.2, -0.15) is 5.10 Å². The number of thiazole rings is 1. The molecule has 1 N–H and O–H groups in total. The number of nitrogens with zero attached hydrogens (tertiary/aromatic N) is 3. The van der Waals surface area contributed by atoms with Gasteiger partial charge in [0, 0.05) is 11.9 Å². The fourth-order valence-corrected chi connectivity index (χ4v) is 3.87. The van der Waals surface area contributed by atoms with Gasteiger partial charge in [0.15, 0.2) is 0 Å². The van der Waals surface area contributed by atoms with Crippen LogP contribution in [0.5, 0.6) is 5.75 Å². The molecule has 4 rings (SSSR count). The minimum absolute atomic E-state index is 0.178. The Morgan fingerprint density at radius 1 is 1.21 bits per heavy atom. The third-order valence-corrected chi connectivity index (χ3v) is 5.39. The van der Waals surface area contributed by atoms with Crippen LogP contribution in [0.3, 0.4) is 0 Å². The summed E-state index contributed by atoms with van der Waals surface area (Å²) in [4.78, 5) is 16.5. The number of para-hydroxylation sites is 1. The van der Waals surface area contributed by atoms with E-state index in [1.807, 2.05) is 60.3 Å². The van der Waals surface area contributed by atoms with Crippen LogP contribution < -0.4 is 10.1 Å². The van der Waals surface area contributed by atoms with Crippen LogP contribution in [0.1, 0.15) is 12.5 Å². The molecular weight excluding hydrogens is 388 g/mol. The number of carbonyl (C=O) groups is 1. The van der Waals surface area contributed by atoms with Crippen LogP contribution >= 0.6 is 11.3 Å². The molecule has 0 aliphatic rings.